The van der Waals surface area contributed by atoms with E-state index in [2.05, 4.69) is 42.5 Å². The van der Waals surface area contributed by atoms with Gasteiger partial charge in [-0.1, -0.05) is 18.1 Å². The number of aryl methyl sites for hydroxylation is 1. The Morgan fingerprint density at radius 2 is 2.10 bits per heavy atom. The number of rotatable bonds is 6. The van der Waals surface area contributed by atoms with Gasteiger partial charge in [0.1, 0.15) is 11.5 Å². The van der Waals surface area contributed by atoms with Crippen LogP contribution in [0.15, 0.2) is 53.3 Å². The van der Waals surface area contributed by atoms with Gasteiger partial charge in [-0.3, -0.25) is 10.1 Å². The van der Waals surface area contributed by atoms with Gasteiger partial charge in [-0.15, -0.1) is 0 Å². The molecule has 152 valence electrons. The van der Waals surface area contributed by atoms with Gasteiger partial charge >= 0.3 is 0 Å². The monoisotopic (exact) mass is 402 g/mol. The maximum atomic E-state index is 5.68. The highest BCUT2D eigenvalue weighted by Crippen LogP contribution is 2.36. The summed E-state index contributed by atoms with van der Waals surface area (Å²) in [5, 5.41) is 14.7. The van der Waals surface area contributed by atoms with E-state index in [1.165, 1.54) is 0 Å². The molecule has 1 fully saturated rings. The van der Waals surface area contributed by atoms with Crippen molar-refractivity contribution in [3.8, 4) is 11.4 Å². The van der Waals surface area contributed by atoms with Gasteiger partial charge in [0.05, 0.1) is 11.7 Å². The Bertz CT molecular complexity index is 1120. The summed E-state index contributed by atoms with van der Waals surface area (Å²) in [5.41, 5.74) is 2.60. The predicted octanol–water partition coefficient (Wildman–Crippen LogP) is 3.90. The Kier molecular flexibility index (Phi) is 4.84. The number of aromatic nitrogens is 6. The molecule has 0 aromatic carbocycles. The second kappa shape index (κ2) is 7.94. The van der Waals surface area contributed by atoms with Crippen LogP contribution in [-0.2, 0) is 6.42 Å². The van der Waals surface area contributed by atoms with Gasteiger partial charge in [-0.2, -0.15) is 10.1 Å². The normalized spacial score (nSPS) is 16.2. The first-order valence-electron chi connectivity index (χ1n) is 10.1. The van der Waals surface area contributed by atoms with Gasteiger partial charge in [0.2, 0.25) is 5.95 Å². The fourth-order valence-electron chi connectivity index (χ4n) is 3.68. The largest absolute Gasteiger partial charge is 0.358 e. The smallest absolute Gasteiger partial charge is 0.227 e. The third-order valence-corrected chi connectivity index (χ3v) is 5.20. The predicted molar refractivity (Wildman–Crippen MR) is 112 cm³/mol. The molecule has 2 N–H and O–H groups in total. The van der Waals surface area contributed by atoms with Crippen molar-refractivity contribution in [1.29, 1.82) is 0 Å². The van der Waals surface area contributed by atoms with E-state index < -0.39 is 0 Å². The van der Waals surface area contributed by atoms with Crippen molar-refractivity contribution < 1.29 is 4.52 Å². The summed E-state index contributed by atoms with van der Waals surface area (Å²) in [6.45, 7) is 2.94. The summed E-state index contributed by atoms with van der Waals surface area (Å²) in [6, 6.07) is 11.6. The van der Waals surface area contributed by atoms with Crippen molar-refractivity contribution in [1.82, 2.24) is 30.3 Å². The van der Waals surface area contributed by atoms with E-state index >= 15 is 0 Å². The molecule has 1 atom stereocenters. The lowest BCUT2D eigenvalue weighted by molar-refractivity contribution is 0.362. The summed E-state index contributed by atoms with van der Waals surface area (Å²) in [5.74, 6) is 2.90. The molecule has 4 aromatic rings. The highest BCUT2D eigenvalue weighted by Gasteiger charge is 2.31. The number of pyridine rings is 1. The SMILES string of the molecule is CCc1cc(Nc2ccnc(N3CCC[C@H]3c3cc(-c4ccccn4)no3)n2)n[nH]1. The molecule has 4 aromatic heterocycles. The Morgan fingerprint density at radius 1 is 1.13 bits per heavy atom. The average molecular weight is 402 g/mol. The second-order valence-corrected chi connectivity index (χ2v) is 7.18. The summed E-state index contributed by atoms with van der Waals surface area (Å²) in [6.07, 6.45) is 6.40. The van der Waals surface area contributed by atoms with Crippen LogP contribution in [0, 0.1) is 0 Å². The molecule has 0 saturated carbocycles. The van der Waals surface area contributed by atoms with E-state index in [1.54, 1.807) is 12.4 Å². The Morgan fingerprint density at radius 3 is 2.93 bits per heavy atom. The number of hydrogen-bond donors (Lipinski definition) is 2. The lowest BCUT2D eigenvalue weighted by atomic mass is 10.1. The maximum Gasteiger partial charge on any atom is 0.227 e. The number of aromatic amines is 1. The van der Waals surface area contributed by atoms with Crippen molar-refractivity contribution >= 4 is 17.6 Å². The van der Waals surface area contributed by atoms with Crippen LogP contribution in [0.4, 0.5) is 17.6 Å². The van der Waals surface area contributed by atoms with Crippen LogP contribution in [0.3, 0.4) is 0 Å². The maximum absolute atomic E-state index is 5.68. The summed E-state index contributed by atoms with van der Waals surface area (Å²) in [4.78, 5) is 15.7. The minimum absolute atomic E-state index is 0.0438. The van der Waals surface area contributed by atoms with Crippen LogP contribution in [0.5, 0.6) is 0 Å². The van der Waals surface area contributed by atoms with Crippen LogP contribution in [-0.4, -0.2) is 36.9 Å². The lowest BCUT2D eigenvalue weighted by Gasteiger charge is -2.22. The highest BCUT2D eigenvalue weighted by molar-refractivity contribution is 5.55. The minimum Gasteiger partial charge on any atom is -0.358 e. The fraction of sp³-hybridized carbons (Fsp3) is 0.286. The van der Waals surface area contributed by atoms with E-state index in [9.17, 15) is 0 Å². The van der Waals surface area contributed by atoms with Gasteiger partial charge in [0.15, 0.2) is 11.6 Å². The standard InChI is InChI=1S/C21H22N8O/c1-2-14-12-20(27-26-14)24-19-8-10-23-21(25-19)29-11-5-7-17(29)18-13-16(28-30-18)15-6-3-4-9-22-15/h3-4,6,8-10,12-13,17H,2,5,7,11H2,1H3,(H2,23,24,25,26,27)/t17-/m0/s1. The lowest BCUT2D eigenvalue weighted by Crippen LogP contribution is -2.24. The first-order chi connectivity index (χ1) is 14.8. The van der Waals surface area contributed by atoms with Gasteiger partial charge in [0.25, 0.3) is 0 Å². The van der Waals surface area contributed by atoms with E-state index in [1.807, 2.05) is 36.4 Å². The quantitative estimate of drug-likeness (QED) is 0.500. The van der Waals surface area contributed by atoms with Crippen LogP contribution >= 0.6 is 0 Å². The van der Waals surface area contributed by atoms with Gasteiger partial charge in [0, 0.05) is 36.8 Å². The van der Waals surface area contributed by atoms with Crippen molar-refractivity contribution in [2.45, 2.75) is 32.2 Å². The molecule has 0 aliphatic carbocycles. The molecule has 0 radical (unpaired) electrons. The van der Waals surface area contributed by atoms with Crippen molar-refractivity contribution in [2.75, 3.05) is 16.8 Å². The summed E-state index contributed by atoms with van der Waals surface area (Å²) in [7, 11) is 0. The molecule has 1 aliphatic heterocycles. The minimum atomic E-state index is 0.0438. The zero-order valence-corrected chi connectivity index (χ0v) is 16.6. The molecular formula is C21H22N8O. The molecule has 0 amide bonds. The number of nitrogens with zero attached hydrogens (tertiary/aromatic N) is 6. The first kappa shape index (κ1) is 18.3. The molecule has 1 aliphatic rings. The van der Waals surface area contributed by atoms with Gasteiger partial charge in [-0.25, -0.2) is 4.98 Å². The van der Waals surface area contributed by atoms with E-state index in [-0.39, 0.29) is 6.04 Å². The number of hydrogen-bond acceptors (Lipinski definition) is 8. The Hall–Kier alpha value is -3.75. The van der Waals surface area contributed by atoms with Crippen LogP contribution in [0.1, 0.15) is 37.3 Å². The number of nitrogens with one attached hydrogen (secondary N) is 2. The third kappa shape index (κ3) is 3.61. The first-order valence-corrected chi connectivity index (χ1v) is 10.1. The van der Waals surface area contributed by atoms with E-state index in [4.69, 9.17) is 9.51 Å². The number of H-pyrrole nitrogens is 1. The highest BCUT2D eigenvalue weighted by atomic mass is 16.5. The third-order valence-electron chi connectivity index (χ3n) is 5.20. The van der Waals surface area contributed by atoms with Crippen molar-refractivity contribution in [3.05, 3.63) is 60.2 Å². The average Bonchev–Trinajstić information content (AvgIpc) is 3.54. The van der Waals surface area contributed by atoms with Gasteiger partial charge < -0.3 is 14.7 Å². The second-order valence-electron chi connectivity index (χ2n) is 7.18. The summed E-state index contributed by atoms with van der Waals surface area (Å²) < 4.78 is 5.68. The molecule has 0 unspecified atom stereocenters. The molecule has 9 nitrogen and oxygen atoms in total. The molecule has 30 heavy (non-hydrogen) atoms. The molecule has 0 spiro atoms. The topological polar surface area (TPSA) is 109 Å². The molecule has 9 heteroatoms. The fourth-order valence-corrected chi connectivity index (χ4v) is 3.68. The summed E-state index contributed by atoms with van der Waals surface area (Å²) >= 11 is 0. The van der Waals surface area contributed by atoms with Crippen molar-refractivity contribution in [3.63, 3.8) is 0 Å². The van der Waals surface area contributed by atoms with Crippen molar-refractivity contribution in [2.24, 2.45) is 0 Å². The molecule has 0 bridgehead atoms. The molecule has 5 rings (SSSR count). The van der Waals surface area contributed by atoms with E-state index in [0.717, 1.165) is 54.5 Å². The van der Waals surface area contributed by atoms with E-state index in [0.29, 0.717) is 11.8 Å². The van der Waals surface area contributed by atoms with Crippen LogP contribution < -0.4 is 10.2 Å². The zero-order valence-electron chi connectivity index (χ0n) is 16.6. The van der Waals surface area contributed by atoms with Crippen LogP contribution in [0.25, 0.3) is 11.4 Å². The molecule has 1 saturated heterocycles. The molecule has 5 heterocycles. The number of anilines is 3. The van der Waals surface area contributed by atoms with Crippen LogP contribution in [0.2, 0.25) is 0 Å². The zero-order chi connectivity index (χ0) is 20.3. The Balaban J connectivity index is 1.37. The van der Waals surface area contributed by atoms with Gasteiger partial charge in [-0.05, 0) is 37.5 Å². The molecular weight excluding hydrogens is 380 g/mol. The Labute approximate surface area is 173 Å².